The van der Waals surface area contributed by atoms with Crippen LogP contribution in [0.5, 0.6) is 0 Å². The van der Waals surface area contributed by atoms with Gasteiger partial charge in [0.05, 0.1) is 6.54 Å². The molecule has 0 saturated carbocycles. The smallest absolute Gasteiger partial charge is 0.251 e. The van der Waals surface area contributed by atoms with Gasteiger partial charge in [0.1, 0.15) is 5.82 Å². The summed E-state index contributed by atoms with van der Waals surface area (Å²) in [7, 11) is 0. The lowest BCUT2D eigenvalue weighted by Crippen LogP contribution is -2.23. The number of carbonyl (C=O) groups is 1. The van der Waals surface area contributed by atoms with E-state index in [1.165, 1.54) is 6.07 Å². The van der Waals surface area contributed by atoms with Crippen molar-refractivity contribution < 1.29 is 9.18 Å². The van der Waals surface area contributed by atoms with Gasteiger partial charge in [-0.2, -0.15) is 0 Å². The Morgan fingerprint density at radius 2 is 1.86 bits per heavy atom. The lowest BCUT2D eigenvalue weighted by molar-refractivity contribution is 0.0950. The average molecular weight is 282 g/mol. The first-order chi connectivity index (χ1) is 10.2. The standard InChI is InChI=1S/C17H15FN2O/c18-16-6-2-1-5-15(16)12-20-17(21)14-9-7-13(8-10-14)4-3-11-19/h1-2,5-10H,11-12,19H2,(H,20,21). The molecule has 106 valence electrons. The number of hydrogen-bond donors (Lipinski definition) is 2. The Kier molecular flexibility index (Phi) is 5.08. The second kappa shape index (κ2) is 7.22. The Labute approximate surface area is 123 Å². The molecule has 0 unspecified atom stereocenters. The fourth-order valence-corrected chi connectivity index (χ4v) is 1.78. The van der Waals surface area contributed by atoms with Gasteiger partial charge in [0.25, 0.3) is 5.91 Å². The molecule has 0 saturated heterocycles. The highest BCUT2D eigenvalue weighted by Gasteiger charge is 2.06. The summed E-state index contributed by atoms with van der Waals surface area (Å²) in [5.41, 5.74) is 7.05. The van der Waals surface area contributed by atoms with Crippen LogP contribution in [0.25, 0.3) is 0 Å². The molecule has 21 heavy (non-hydrogen) atoms. The number of amides is 1. The molecule has 0 spiro atoms. The number of carbonyl (C=O) groups excluding carboxylic acids is 1. The van der Waals surface area contributed by atoms with Gasteiger partial charge in [0.2, 0.25) is 0 Å². The van der Waals surface area contributed by atoms with Crippen LogP contribution in [0.4, 0.5) is 4.39 Å². The van der Waals surface area contributed by atoms with Crippen molar-refractivity contribution in [2.75, 3.05) is 6.54 Å². The number of benzene rings is 2. The molecule has 0 aromatic heterocycles. The third kappa shape index (κ3) is 4.16. The van der Waals surface area contributed by atoms with E-state index in [1.807, 2.05) is 0 Å². The molecule has 0 bridgehead atoms. The van der Waals surface area contributed by atoms with Gasteiger partial charge in [-0.05, 0) is 30.3 Å². The van der Waals surface area contributed by atoms with Gasteiger partial charge in [-0.15, -0.1) is 0 Å². The van der Waals surface area contributed by atoms with Crippen LogP contribution in [-0.4, -0.2) is 12.5 Å². The van der Waals surface area contributed by atoms with Crippen LogP contribution in [-0.2, 0) is 6.54 Å². The zero-order chi connectivity index (χ0) is 15.1. The van der Waals surface area contributed by atoms with E-state index in [-0.39, 0.29) is 18.3 Å². The third-order valence-corrected chi connectivity index (χ3v) is 2.88. The van der Waals surface area contributed by atoms with Crippen LogP contribution in [0.3, 0.4) is 0 Å². The lowest BCUT2D eigenvalue weighted by atomic mass is 10.1. The molecule has 0 atom stereocenters. The summed E-state index contributed by atoms with van der Waals surface area (Å²) in [6.07, 6.45) is 0. The molecule has 2 aromatic carbocycles. The van der Waals surface area contributed by atoms with Crippen molar-refractivity contribution in [1.82, 2.24) is 5.32 Å². The topological polar surface area (TPSA) is 55.1 Å². The number of nitrogens with one attached hydrogen (secondary N) is 1. The van der Waals surface area contributed by atoms with Gasteiger partial charge in [-0.25, -0.2) is 4.39 Å². The van der Waals surface area contributed by atoms with Crippen LogP contribution in [0.15, 0.2) is 48.5 Å². The summed E-state index contributed by atoms with van der Waals surface area (Å²) in [6, 6.07) is 13.2. The minimum Gasteiger partial charge on any atom is -0.348 e. The van der Waals surface area contributed by atoms with Gasteiger partial charge in [-0.3, -0.25) is 4.79 Å². The predicted molar refractivity (Wildman–Crippen MR) is 79.9 cm³/mol. The van der Waals surface area contributed by atoms with Gasteiger partial charge in [0.15, 0.2) is 0 Å². The van der Waals surface area contributed by atoms with Gasteiger partial charge in [0, 0.05) is 23.2 Å². The van der Waals surface area contributed by atoms with Crippen molar-refractivity contribution in [1.29, 1.82) is 0 Å². The molecule has 3 nitrogen and oxygen atoms in total. The van der Waals surface area contributed by atoms with Crippen molar-refractivity contribution in [3.8, 4) is 11.8 Å². The maximum atomic E-state index is 13.4. The van der Waals surface area contributed by atoms with Crippen LogP contribution >= 0.6 is 0 Å². The quantitative estimate of drug-likeness (QED) is 0.847. The second-order valence-electron chi connectivity index (χ2n) is 4.36. The fourth-order valence-electron chi connectivity index (χ4n) is 1.78. The third-order valence-electron chi connectivity index (χ3n) is 2.88. The summed E-state index contributed by atoms with van der Waals surface area (Å²) in [5, 5.41) is 2.68. The Hall–Kier alpha value is -2.64. The Morgan fingerprint density at radius 1 is 1.14 bits per heavy atom. The Morgan fingerprint density at radius 3 is 2.52 bits per heavy atom. The number of nitrogens with two attached hydrogens (primary N) is 1. The highest BCUT2D eigenvalue weighted by atomic mass is 19.1. The summed E-state index contributed by atoms with van der Waals surface area (Å²) < 4.78 is 13.4. The highest BCUT2D eigenvalue weighted by Crippen LogP contribution is 2.07. The van der Waals surface area contributed by atoms with Gasteiger partial charge >= 0.3 is 0 Å². The largest absolute Gasteiger partial charge is 0.348 e. The number of rotatable bonds is 3. The summed E-state index contributed by atoms with van der Waals surface area (Å²) in [6.45, 7) is 0.450. The summed E-state index contributed by atoms with van der Waals surface area (Å²) in [4.78, 5) is 12.0. The van der Waals surface area contributed by atoms with Crippen molar-refractivity contribution in [2.45, 2.75) is 6.54 Å². The van der Waals surface area contributed by atoms with Gasteiger partial charge in [-0.1, -0.05) is 30.0 Å². The van der Waals surface area contributed by atoms with Crippen molar-refractivity contribution >= 4 is 5.91 Å². The molecule has 0 aliphatic rings. The first kappa shape index (κ1) is 14.8. The first-order valence-corrected chi connectivity index (χ1v) is 6.51. The molecular formula is C17H15FN2O. The number of halogens is 1. The second-order valence-corrected chi connectivity index (χ2v) is 4.36. The molecule has 4 heteroatoms. The van der Waals surface area contributed by atoms with E-state index in [9.17, 15) is 9.18 Å². The van der Waals surface area contributed by atoms with Crippen LogP contribution in [0.1, 0.15) is 21.5 Å². The minimum absolute atomic E-state index is 0.153. The van der Waals surface area contributed by atoms with E-state index in [0.717, 1.165) is 5.56 Å². The van der Waals surface area contributed by atoms with Crippen molar-refractivity contribution in [2.24, 2.45) is 5.73 Å². The maximum absolute atomic E-state index is 13.4. The Bertz CT molecular complexity index is 684. The highest BCUT2D eigenvalue weighted by molar-refractivity contribution is 5.94. The predicted octanol–water partition coefficient (Wildman–Crippen LogP) is 2.07. The van der Waals surface area contributed by atoms with Crippen LogP contribution in [0.2, 0.25) is 0 Å². The average Bonchev–Trinajstić information content (AvgIpc) is 2.52. The number of hydrogen-bond acceptors (Lipinski definition) is 2. The normalized spacial score (nSPS) is 9.62. The molecule has 0 radical (unpaired) electrons. The monoisotopic (exact) mass is 282 g/mol. The van der Waals surface area contributed by atoms with Crippen LogP contribution < -0.4 is 11.1 Å². The molecule has 0 heterocycles. The van der Waals surface area contributed by atoms with E-state index >= 15 is 0 Å². The van der Waals surface area contributed by atoms with E-state index in [2.05, 4.69) is 17.2 Å². The van der Waals surface area contributed by atoms with Crippen molar-refractivity contribution in [3.63, 3.8) is 0 Å². The molecule has 0 fully saturated rings. The minimum atomic E-state index is -0.329. The van der Waals surface area contributed by atoms with E-state index < -0.39 is 0 Å². The molecular weight excluding hydrogens is 267 g/mol. The Balaban J connectivity index is 1.99. The molecule has 2 rings (SSSR count). The summed E-state index contributed by atoms with van der Waals surface area (Å²) >= 11 is 0. The zero-order valence-corrected chi connectivity index (χ0v) is 11.4. The molecule has 2 aromatic rings. The molecule has 0 aliphatic heterocycles. The van der Waals surface area contributed by atoms with E-state index in [1.54, 1.807) is 42.5 Å². The lowest BCUT2D eigenvalue weighted by Gasteiger charge is -2.06. The molecule has 0 aliphatic carbocycles. The SMILES string of the molecule is NCC#Cc1ccc(C(=O)NCc2ccccc2F)cc1. The fraction of sp³-hybridized carbons (Fsp3) is 0.118. The maximum Gasteiger partial charge on any atom is 0.251 e. The van der Waals surface area contributed by atoms with Crippen LogP contribution in [0, 0.1) is 17.7 Å². The zero-order valence-electron chi connectivity index (χ0n) is 11.4. The van der Waals surface area contributed by atoms with Gasteiger partial charge < -0.3 is 11.1 Å². The van der Waals surface area contributed by atoms with Crippen molar-refractivity contribution in [3.05, 3.63) is 71.0 Å². The summed E-state index contributed by atoms with van der Waals surface area (Å²) in [5.74, 6) is 5.04. The first-order valence-electron chi connectivity index (χ1n) is 6.51. The van der Waals surface area contributed by atoms with E-state index in [4.69, 9.17) is 5.73 Å². The molecule has 1 amide bonds. The molecule has 3 N–H and O–H groups in total. The van der Waals surface area contributed by atoms with E-state index in [0.29, 0.717) is 17.7 Å².